The Kier molecular flexibility index (Phi) is 3.26. The van der Waals surface area contributed by atoms with Gasteiger partial charge in [-0.1, -0.05) is 6.07 Å². The lowest BCUT2D eigenvalue weighted by molar-refractivity contribution is 0.536. The van der Waals surface area contributed by atoms with Crippen LogP contribution in [0, 0.1) is 19.7 Å². The molecule has 2 aromatic rings. The van der Waals surface area contributed by atoms with Gasteiger partial charge in [0, 0.05) is 11.1 Å². The van der Waals surface area contributed by atoms with Crippen LogP contribution in [0.1, 0.15) is 28.3 Å². The normalized spacial score (nSPS) is 12.7. The van der Waals surface area contributed by atoms with Crippen LogP contribution in [0.4, 0.5) is 4.39 Å². The first-order valence-corrected chi connectivity index (χ1v) is 5.38. The van der Waals surface area contributed by atoms with E-state index in [1.165, 1.54) is 6.07 Å². The molecule has 90 valence electrons. The molecule has 1 heterocycles. The number of nitrogens with one attached hydrogen (secondary N) is 1. The molecule has 0 saturated heterocycles. The maximum absolute atomic E-state index is 14.0. The van der Waals surface area contributed by atoms with E-state index >= 15 is 0 Å². The Morgan fingerprint density at radius 3 is 2.65 bits per heavy atom. The summed E-state index contributed by atoms with van der Waals surface area (Å²) in [5.41, 5.74) is 5.74. The molecule has 3 nitrogen and oxygen atoms in total. The average molecular weight is 234 g/mol. The molecule has 0 aliphatic rings. The maximum Gasteiger partial charge on any atom is 0.128 e. The molecular formula is C13H15FN2O. The minimum atomic E-state index is -0.394. The molecule has 0 saturated carbocycles. The molecule has 0 bridgehead atoms. The second kappa shape index (κ2) is 4.69. The van der Waals surface area contributed by atoms with Crippen molar-refractivity contribution in [3.63, 3.8) is 0 Å². The third-order valence-electron chi connectivity index (χ3n) is 2.81. The highest BCUT2D eigenvalue weighted by molar-refractivity contribution is 5.39. The summed E-state index contributed by atoms with van der Waals surface area (Å²) in [6.07, 6.45) is 3.10. The zero-order valence-corrected chi connectivity index (χ0v) is 9.83. The molecular weight excluding hydrogens is 219 g/mol. The molecule has 1 aromatic heterocycles. The predicted octanol–water partition coefficient (Wildman–Crippen LogP) is 2.59. The second-order valence-corrected chi connectivity index (χ2v) is 4.13. The summed E-state index contributed by atoms with van der Waals surface area (Å²) in [5.74, 6) is 5.26. The fourth-order valence-electron chi connectivity index (χ4n) is 2.08. The molecule has 0 aliphatic carbocycles. The molecule has 1 unspecified atom stereocenters. The second-order valence-electron chi connectivity index (χ2n) is 4.13. The van der Waals surface area contributed by atoms with Gasteiger partial charge in [0.1, 0.15) is 5.82 Å². The van der Waals surface area contributed by atoms with Gasteiger partial charge in [-0.2, -0.15) is 0 Å². The lowest BCUT2D eigenvalue weighted by Crippen LogP contribution is -2.29. The summed E-state index contributed by atoms with van der Waals surface area (Å²) in [6.45, 7) is 3.73. The van der Waals surface area contributed by atoms with Crippen molar-refractivity contribution in [3.05, 3.63) is 58.8 Å². The molecule has 0 radical (unpaired) electrons. The van der Waals surface area contributed by atoms with Crippen LogP contribution in [0.5, 0.6) is 0 Å². The van der Waals surface area contributed by atoms with E-state index in [9.17, 15) is 4.39 Å². The number of hydrogen-bond acceptors (Lipinski definition) is 3. The first-order chi connectivity index (χ1) is 8.13. The van der Waals surface area contributed by atoms with Crippen molar-refractivity contribution in [3.8, 4) is 0 Å². The SMILES string of the molecule is Cc1cc(C)c(C(NN)c2ccoc2)c(F)c1. The quantitative estimate of drug-likeness (QED) is 0.634. The Balaban J connectivity index is 2.52. The third kappa shape index (κ3) is 2.23. The zero-order chi connectivity index (χ0) is 12.4. The molecule has 17 heavy (non-hydrogen) atoms. The average Bonchev–Trinajstić information content (AvgIpc) is 2.76. The van der Waals surface area contributed by atoms with Crippen LogP contribution in [-0.4, -0.2) is 0 Å². The predicted molar refractivity (Wildman–Crippen MR) is 63.7 cm³/mol. The first-order valence-electron chi connectivity index (χ1n) is 5.38. The number of hydrazine groups is 1. The summed E-state index contributed by atoms with van der Waals surface area (Å²) < 4.78 is 19.0. The molecule has 3 N–H and O–H groups in total. The highest BCUT2D eigenvalue weighted by Gasteiger charge is 2.20. The van der Waals surface area contributed by atoms with Crippen LogP contribution in [0.15, 0.2) is 35.1 Å². The lowest BCUT2D eigenvalue weighted by atomic mass is 9.95. The zero-order valence-electron chi connectivity index (χ0n) is 9.83. The Bertz CT molecular complexity index is 485. The van der Waals surface area contributed by atoms with Gasteiger partial charge in [-0.3, -0.25) is 5.84 Å². The van der Waals surface area contributed by atoms with Crippen molar-refractivity contribution >= 4 is 0 Å². The lowest BCUT2D eigenvalue weighted by Gasteiger charge is -2.18. The largest absolute Gasteiger partial charge is 0.472 e. The van der Waals surface area contributed by atoms with E-state index in [0.29, 0.717) is 5.56 Å². The molecule has 0 aliphatic heterocycles. The summed E-state index contributed by atoms with van der Waals surface area (Å²) in [6, 6.07) is 4.81. The highest BCUT2D eigenvalue weighted by atomic mass is 19.1. The van der Waals surface area contributed by atoms with E-state index in [1.54, 1.807) is 18.6 Å². The molecule has 0 amide bonds. The van der Waals surface area contributed by atoms with E-state index in [4.69, 9.17) is 10.3 Å². The van der Waals surface area contributed by atoms with E-state index in [2.05, 4.69) is 5.43 Å². The molecule has 1 aromatic carbocycles. The van der Waals surface area contributed by atoms with Gasteiger partial charge in [0.15, 0.2) is 0 Å². The van der Waals surface area contributed by atoms with Gasteiger partial charge in [0.2, 0.25) is 0 Å². The number of benzene rings is 1. The Labute approximate surface area is 99.4 Å². The molecule has 4 heteroatoms. The van der Waals surface area contributed by atoms with Gasteiger partial charge in [-0.15, -0.1) is 0 Å². The summed E-state index contributed by atoms with van der Waals surface area (Å²) in [4.78, 5) is 0. The van der Waals surface area contributed by atoms with Gasteiger partial charge >= 0.3 is 0 Å². The Hall–Kier alpha value is -1.65. The van der Waals surface area contributed by atoms with Gasteiger partial charge in [0.05, 0.1) is 18.6 Å². The van der Waals surface area contributed by atoms with E-state index in [0.717, 1.165) is 16.7 Å². The van der Waals surface area contributed by atoms with Crippen molar-refractivity contribution in [1.29, 1.82) is 0 Å². The van der Waals surface area contributed by atoms with Crippen molar-refractivity contribution in [1.82, 2.24) is 5.43 Å². The van der Waals surface area contributed by atoms with Crippen LogP contribution in [0.2, 0.25) is 0 Å². The molecule has 0 spiro atoms. The maximum atomic E-state index is 14.0. The third-order valence-corrected chi connectivity index (χ3v) is 2.81. The number of furan rings is 1. The number of halogens is 1. The number of nitrogens with two attached hydrogens (primary N) is 1. The van der Waals surface area contributed by atoms with Crippen LogP contribution < -0.4 is 11.3 Å². The number of aryl methyl sites for hydroxylation is 2. The minimum absolute atomic E-state index is 0.258. The van der Waals surface area contributed by atoms with Crippen LogP contribution in [0.3, 0.4) is 0 Å². The fourth-order valence-corrected chi connectivity index (χ4v) is 2.08. The van der Waals surface area contributed by atoms with Gasteiger partial charge < -0.3 is 4.42 Å². The number of hydrogen-bond donors (Lipinski definition) is 2. The topological polar surface area (TPSA) is 51.2 Å². The van der Waals surface area contributed by atoms with E-state index < -0.39 is 6.04 Å². The molecule has 2 rings (SSSR count). The van der Waals surface area contributed by atoms with Crippen LogP contribution >= 0.6 is 0 Å². The van der Waals surface area contributed by atoms with Crippen LogP contribution in [0.25, 0.3) is 0 Å². The molecule has 1 atom stereocenters. The van der Waals surface area contributed by atoms with Gasteiger partial charge in [-0.05, 0) is 37.1 Å². The van der Waals surface area contributed by atoms with Crippen LogP contribution in [-0.2, 0) is 0 Å². The Morgan fingerprint density at radius 2 is 2.12 bits per heavy atom. The monoisotopic (exact) mass is 234 g/mol. The minimum Gasteiger partial charge on any atom is -0.472 e. The number of rotatable bonds is 3. The Morgan fingerprint density at radius 1 is 1.35 bits per heavy atom. The summed E-state index contributed by atoms with van der Waals surface area (Å²) >= 11 is 0. The van der Waals surface area contributed by atoms with Crippen molar-refractivity contribution < 1.29 is 8.81 Å². The summed E-state index contributed by atoms with van der Waals surface area (Å²) in [5, 5.41) is 0. The highest BCUT2D eigenvalue weighted by Crippen LogP contribution is 2.27. The fraction of sp³-hybridized carbons (Fsp3) is 0.231. The summed E-state index contributed by atoms with van der Waals surface area (Å²) in [7, 11) is 0. The first kappa shape index (κ1) is 11.8. The van der Waals surface area contributed by atoms with E-state index in [1.807, 2.05) is 19.9 Å². The van der Waals surface area contributed by atoms with Crippen molar-refractivity contribution in [2.24, 2.45) is 5.84 Å². The smallest absolute Gasteiger partial charge is 0.128 e. The van der Waals surface area contributed by atoms with Gasteiger partial charge in [0.25, 0.3) is 0 Å². The van der Waals surface area contributed by atoms with Crippen molar-refractivity contribution in [2.75, 3.05) is 0 Å². The molecule has 0 fully saturated rings. The van der Waals surface area contributed by atoms with Gasteiger partial charge in [-0.25, -0.2) is 9.82 Å². The van der Waals surface area contributed by atoms with Crippen molar-refractivity contribution in [2.45, 2.75) is 19.9 Å². The van der Waals surface area contributed by atoms with E-state index in [-0.39, 0.29) is 5.82 Å². The standard InChI is InChI=1S/C13H15FN2O/c1-8-5-9(2)12(11(14)6-8)13(16-15)10-3-4-17-7-10/h3-7,13,16H,15H2,1-2H3.